The number of likely N-dealkylation sites (tertiary alicyclic amines) is 2. The number of aliphatic hydroxyl groups is 2. The Kier molecular flexibility index (Phi) is 46.0. The van der Waals surface area contributed by atoms with E-state index in [1.165, 1.54) is 37.7 Å². The second-order valence-corrected chi connectivity index (χ2v) is 63.7. The Bertz CT molecular complexity index is 1960. The predicted octanol–water partition coefficient (Wildman–Crippen LogP) is 13.5. The van der Waals surface area contributed by atoms with Crippen LogP contribution in [0.4, 0.5) is 4.79 Å². The maximum atomic E-state index is 11.6. The van der Waals surface area contributed by atoms with Gasteiger partial charge < -0.3 is 55.0 Å². The van der Waals surface area contributed by atoms with Gasteiger partial charge in [0.2, 0.25) is 0 Å². The number of carbonyl (C=O) groups excluding carboxylic acids is 1. The summed E-state index contributed by atoms with van der Waals surface area (Å²) in [6.45, 7) is 15.2. The number of rotatable bonds is 25. The SMILES string of the molecule is C=C=CC.CCCNC(=O)NCCOc1ccc(CCOC2CCCCC2N2CC[C@@H](O)C2)cc1OC.COc1cc(CCOC2CCCCC2N2CC[C@@H](O)C2)ccc1OCCN.Cl.Cl.PP(P)P(P)P(P(P)P)P(P)P. The number of methoxy groups -OCH3 is 2. The van der Waals surface area contributed by atoms with Crippen molar-refractivity contribution < 1.29 is 43.4 Å². The fourth-order valence-corrected chi connectivity index (χ4v) is 112. The molecule has 4 fully saturated rings. The average Bonchev–Trinajstić information content (AvgIpc) is 4.07. The number of ether oxygens (including phenoxy) is 6. The molecule has 2 saturated carbocycles. The molecule has 78 heavy (non-hydrogen) atoms. The molecule has 2 heterocycles. The van der Waals surface area contributed by atoms with Crippen molar-refractivity contribution in [1.82, 2.24) is 20.4 Å². The molecule has 6 rings (SSSR count). The Hall–Kier alpha value is 1.89. The van der Waals surface area contributed by atoms with Crippen molar-refractivity contribution in [2.24, 2.45) is 5.73 Å². The zero-order valence-electron chi connectivity index (χ0n) is 46.5. The maximum Gasteiger partial charge on any atom is 0.314 e. The third-order valence-corrected chi connectivity index (χ3v) is 79.8. The van der Waals surface area contributed by atoms with Crippen molar-refractivity contribution in [3.8, 4) is 23.0 Å². The van der Waals surface area contributed by atoms with Crippen molar-refractivity contribution in [3.05, 3.63) is 65.9 Å². The lowest BCUT2D eigenvalue weighted by molar-refractivity contribution is -0.0317. The molecule has 28 heteroatoms. The fraction of sp³-hybridized carbons (Fsp3) is 0.680. The zero-order chi connectivity index (χ0) is 55.8. The maximum absolute atomic E-state index is 11.6. The van der Waals surface area contributed by atoms with Gasteiger partial charge in [-0.1, -0.05) is 51.3 Å². The monoisotopic (exact) mass is 1350 g/mol. The van der Waals surface area contributed by atoms with Crippen LogP contribution >= 0.6 is 122 Å². The van der Waals surface area contributed by atoms with Crippen LogP contribution in [0.5, 0.6) is 23.0 Å². The number of allylic oxidation sites excluding steroid dienone is 1. The molecule has 0 aromatic heterocycles. The van der Waals surface area contributed by atoms with E-state index in [4.69, 9.17) is 34.2 Å². The third kappa shape index (κ3) is 30.0. The van der Waals surface area contributed by atoms with Crippen molar-refractivity contribution >= 4 is 128 Å². The van der Waals surface area contributed by atoms with Gasteiger partial charge in [0.1, 0.15) is 13.2 Å². The summed E-state index contributed by atoms with van der Waals surface area (Å²) in [5, 5.41) is 25.3. The Morgan fingerprint density at radius 2 is 1.13 bits per heavy atom. The lowest BCUT2D eigenvalue weighted by Crippen LogP contribution is -2.46. The molecule has 0 bridgehead atoms. The highest BCUT2D eigenvalue weighted by Crippen LogP contribution is 3.16. The number of nitrogens with zero attached hydrogens (tertiary/aromatic N) is 2. The van der Waals surface area contributed by atoms with E-state index < -0.39 is 0 Å². The molecule has 2 aromatic carbocycles. The van der Waals surface area contributed by atoms with E-state index in [2.05, 4.69) is 101 Å². The molecule has 0 radical (unpaired) electrons. The number of hydrogen-bond donors (Lipinski definition) is 5. The topological polar surface area (TPSA) is 169 Å². The highest BCUT2D eigenvalue weighted by Gasteiger charge is 2.36. The van der Waals surface area contributed by atoms with E-state index in [1.807, 2.05) is 44.2 Å². The highest BCUT2D eigenvalue weighted by atomic mass is 35.5. The van der Waals surface area contributed by atoms with Crippen LogP contribution in [0.15, 0.2) is 54.8 Å². The summed E-state index contributed by atoms with van der Waals surface area (Å²) in [4.78, 5) is 16.4. The third-order valence-electron chi connectivity index (χ3n) is 13.2. The summed E-state index contributed by atoms with van der Waals surface area (Å²) < 4.78 is 35.0. The number of β-amino-alcohol motifs (C(OH)–C–C–N with tert-alkyl or cyclic N) is 2. The largest absolute Gasteiger partial charge is 0.493 e. The van der Waals surface area contributed by atoms with Gasteiger partial charge in [-0.05, 0) is 141 Å². The van der Waals surface area contributed by atoms with Crippen LogP contribution in [-0.4, -0.2) is 149 Å². The molecule has 2 aliphatic carbocycles. The lowest BCUT2D eigenvalue weighted by Gasteiger charge is -2.37. The number of urea groups is 1. The van der Waals surface area contributed by atoms with E-state index >= 15 is 0 Å². The number of aliphatic hydroxyl groups excluding tert-OH is 2. The second kappa shape index (κ2) is 46.1. The van der Waals surface area contributed by atoms with Crippen LogP contribution in [0, 0.1) is 0 Å². The summed E-state index contributed by atoms with van der Waals surface area (Å²) in [6.07, 6.45) is 15.8. The number of nitrogens with one attached hydrogen (secondary N) is 2. The first kappa shape index (κ1) is 77.9. The first-order chi connectivity index (χ1) is 36.6. The van der Waals surface area contributed by atoms with Crippen LogP contribution in [0.2, 0.25) is 0 Å². The number of hydrogen-bond acceptors (Lipinski definition) is 12. The van der Waals surface area contributed by atoms with Gasteiger partial charge in [-0.3, -0.25) is 9.80 Å². The van der Waals surface area contributed by atoms with Crippen molar-refractivity contribution in [2.75, 3.05) is 86.5 Å². The predicted molar refractivity (Wildman–Crippen MR) is 370 cm³/mol. The molecule has 2 aliphatic heterocycles. The molecular formula is C50H97Cl2N5O9P12. The molecule has 14 nitrogen and oxygen atoms in total. The lowest BCUT2D eigenvalue weighted by atomic mass is 9.91. The summed E-state index contributed by atoms with van der Waals surface area (Å²) in [7, 11) is 24.3. The van der Waals surface area contributed by atoms with Crippen molar-refractivity contribution in [3.63, 3.8) is 0 Å². The molecule has 14 atom stereocenters. The van der Waals surface area contributed by atoms with Crippen LogP contribution in [-0.2, 0) is 22.3 Å². The molecule has 2 saturated heterocycles. The van der Waals surface area contributed by atoms with Gasteiger partial charge in [0.05, 0.1) is 58.4 Å². The van der Waals surface area contributed by atoms with Crippen LogP contribution in [0.25, 0.3) is 0 Å². The summed E-state index contributed by atoms with van der Waals surface area (Å²) in [5.41, 5.74) is 10.4. The number of nitrogens with two attached hydrogens (primary N) is 1. The van der Waals surface area contributed by atoms with Gasteiger partial charge in [-0.15, -0.1) is 93.0 Å². The quantitative estimate of drug-likeness (QED) is 0.0363. The van der Waals surface area contributed by atoms with E-state index in [9.17, 15) is 15.0 Å². The number of carbonyl (C=O) groups is 1. The Morgan fingerprint density at radius 1 is 0.692 bits per heavy atom. The summed E-state index contributed by atoms with van der Waals surface area (Å²) in [5.74, 6) is 2.82. The Balaban J connectivity index is 0.000000606. The van der Waals surface area contributed by atoms with Crippen LogP contribution in [0.1, 0.15) is 95.6 Å². The molecule has 4 aliphatic rings. The summed E-state index contributed by atoms with van der Waals surface area (Å²) >= 11 is 0. The summed E-state index contributed by atoms with van der Waals surface area (Å²) in [6, 6.07) is 12.7. The van der Waals surface area contributed by atoms with E-state index in [1.54, 1.807) is 20.3 Å². The van der Waals surface area contributed by atoms with Gasteiger partial charge in [0.25, 0.3) is 0 Å². The van der Waals surface area contributed by atoms with Crippen LogP contribution in [0.3, 0.4) is 0 Å². The average molecular weight is 1350 g/mol. The first-order valence-electron chi connectivity index (χ1n) is 26.5. The Morgan fingerprint density at radius 3 is 1.49 bits per heavy atom. The highest BCUT2D eigenvalue weighted by molar-refractivity contribution is 9.21. The minimum absolute atomic E-state index is 0. The fourth-order valence-electron chi connectivity index (χ4n) is 9.37. The van der Waals surface area contributed by atoms with Gasteiger partial charge >= 0.3 is 6.03 Å². The second-order valence-electron chi connectivity index (χ2n) is 18.8. The molecular weight excluding hydrogens is 1260 g/mol. The van der Waals surface area contributed by atoms with E-state index in [-0.39, 0.29) is 90.2 Å². The number of amides is 2. The minimum atomic E-state index is -0.185. The van der Waals surface area contributed by atoms with Gasteiger partial charge in [-0.2, -0.15) is 0 Å². The minimum Gasteiger partial charge on any atom is -0.493 e. The van der Waals surface area contributed by atoms with Gasteiger partial charge in [-0.25, -0.2) is 4.79 Å². The van der Waals surface area contributed by atoms with Crippen LogP contribution < -0.4 is 35.3 Å². The molecule has 0 spiro atoms. The van der Waals surface area contributed by atoms with Crippen molar-refractivity contribution in [2.45, 2.75) is 134 Å². The molecule has 2 amide bonds. The molecule has 450 valence electrons. The zero-order valence-corrected chi connectivity index (χ0v) is 60.7. The van der Waals surface area contributed by atoms with E-state index in [0.717, 1.165) is 94.6 Å². The number of benzene rings is 2. The molecule has 6 N–H and O–H groups in total. The first-order valence-corrected chi connectivity index (χ1v) is 47.4. The van der Waals surface area contributed by atoms with Crippen molar-refractivity contribution in [1.29, 1.82) is 0 Å². The van der Waals surface area contributed by atoms with E-state index in [0.29, 0.717) is 69.6 Å². The number of halogens is 2. The standard InChI is InChI=1S/C25H41N3O5.C21H34N2O4.C4H6.2ClH.H14P12/c1-3-12-26-25(30)27-13-16-33-23-9-8-19(17-24(23)31-2)11-15-32-22-7-5-4-6-21(22)28-14-10-20(29)18-28;1-25-21-14-16(6-7-20(21)27-13-10-22)9-12-26-19-5-3-2-4-18(19)23-11-8-17(24)15-23;1-3-4-2;;;1-8(2)11(7)12(9(3)4)10(5)6/h8-9,17,20-22,29H,3-7,10-16,18H2,1-2H3,(H2,26,27,30);6-7,14,17-19,24H,2-5,8-13,15,22H2,1H3;4H,1H2,2H3;2*1H;1-7H2/t20-,21?,22?;17-,18?,19?;;;;/m11..../s1. The normalized spacial score (nSPS) is 21.5. The molecule has 2 aromatic rings. The smallest absolute Gasteiger partial charge is 0.314 e. The Labute approximate surface area is 503 Å². The van der Waals surface area contributed by atoms with Gasteiger partial charge in [0.15, 0.2) is 23.0 Å². The molecule has 12 unspecified atom stereocenters. The van der Waals surface area contributed by atoms with Gasteiger partial charge in [0, 0.05) is 51.4 Å².